The molecule has 0 spiro atoms. The second-order valence-electron chi connectivity index (χ2n) is 5.83. The number of methoxy groups -OCH3 is 1. The first kappa shape index (κ1) is 18.5. The number of amides is 1. The number of hydrogen-bond donors (Lipinski definition) is 1. The highest BCUT2D eigenvalue weighted by Gasteiger charge is 2.40. The zero-order valence-corrected chi connectivity index (χ0v) is 14.5. The Morgan fingerprint density at radius 2 is 1.70 bits per heavy atom. The van der Waals surface area contributed by atoms with Gasteiger partial charge in [0.05, 0.1) is 24.6 Å². The number of halogens is 3. The molecule has 0 aliphatic carbocycles. The largest absolute Gasteiger partial charge is 0.497 e. The van der Waals surface area contributed by atoms with E-state index in [2.05, 4.69) is 10.4 Å². The maximum absolute atomic E-state index is 13.6. The number of nitrogens with zero attached hydrogens (tertiary/aromatic N) is 2. The Bertz CT molecular complexity index is 946. The molecule has 140 valence electrons. The minimum absolute atomic E-state index is 0.219. The summed E-state index contributed by atoms with van der Waals surface area (Å²) in [7, 11) is 1.49. The van der Waals surface area contributed by atoms with Crippen molar-refractivity contribution in [2.24, 2.45) is 0 Å². The van der Waals surface area contributed by atoms with Crippen LogP contribution in [-0.2, 0) is 6.18 Å². The Labute approximate surface area is 153 Å². The Hall–Kier alpha value is -3.29. The molecule has 0 aliphatic heterocycles. The molecule has 1 amide bonds. The number of alkyl halides is 3. The average Bonchev–Trinajstić information content (AvgIpc) is 3.09. The van der Waals surface area contributed by atoms with Gasteiger partial charge in [0.25, 0.3) is 5.91 Å². The molecule has 0 bridgehead atoms. The number of nitrogens with one attached hydrogen (secondary N) is 1. The number of anilines is 1. The molecule has 1 N–H and O–H groups in total. The minimum atomic E-state index is -4.76. The van der Waals surface area contributed by atoms with Crippen LogP contribution in [0.3, 0.4) is 0 Å². The first-order valence-electron chi connectivity index (χ1n) is 7.97. The number of aromatic nitrogens is 2. The molecule has 0 fully saturated rings. The van der Waals surface area contributed by atoms with Crippen molar-refractivity contribution in [3.8, 4) is 11.4 Å². The molecule has 3 aromatic rings. The van der Waals surface area contributed by atoms with Crippen molar-refractivity contribution in [2.75, 3.05) is 12.4 Å². The van der Waals surface area contributed by atoms with Crippen LogP contribution in [0.5, 0.6) is 5.75 Å². The van der Waals surface area contributed by atoms with Gasteiger partial charge in [-0.05, 0) is 43.3 Å². The molecule has 5 nitrogen and oxygen atoms in total. The van der Waals surface area contributed by atoms with Crippen LogP contribution in [0.2, 0.25) is 0 Å². The maximum atomic E-state index is 13.6. The van der Waals surface area contributed by atoms with Gasteiger partial charge in [-0.3, -0.25) is 4.79 Å². The molecule has 0 atom stereocenters. The summed E-state index contributed by atoms with van der Waals surface area (Å²) >= 11 is 0. The fourth-order valence-electron chi connectivity index (χ4n) is 2.54. The molecule has 0 saturated heterocycles. The highest BCUT2D eigenvalue weighted by molar-refractivity contribution is 6.05. The van der Waals surface area contributed by atoms with Crippen LogP contribution in [0.25, 0.3) is 5.69 Å². The van der Waals surface area contributed by atoms with E-state index in [1.165, 1.54) is 31.4 Å². The Morgan fingerprint density at radius 1 is 1.07 bits per heavy atom. The van der Waals surface area contributed by atoms with Crippen molar-refractivity contribution >= 4 is 11.6 Å². The molecular weight excluding hydrogens is 359 g/mol. The van der Waals surface area contributed by atoms with E-state index in [1.54, 1.807) is 24.3 Å². The standard InChI is InChI=1S/C19H16F3N3O2/c1-12-3-7-14(8-4-12)25-17(19(20,21)22)16(11-23-25)18(26)24-13-5-9-15(27-2)10-6-13/h3-11H,1-2H3,(H,24,26). The van der Waals surface area contributed by atoms with E-state index < -0.39 is 23.3 Å². The Morgan fingerprint density at radius 3 is 2.26 bits per heavy atom. The van der Waals surface area contributed by atoms with Crippen molar-refractivity contribution in [2.45, 2.75) is 13.1 Å². The number of ether oxygens (including phenoxy) is 1. The number of carbonyl (C=O) groups is 1. The summed E-state index contributed by atoms with van der Waals surface area (Å²) in [6, 6.07) is 12.6. The van der Waals surface area contributed by atoms with Gasteiger partial charge in [0, 0.05) is 5.69 Å². The van der Waals surface area contributed by atoms with Crippen LogP contribution in [0.1, 0.15) is 21.6 Å². The molecule has 0 aliphatic rings. The number of rotatable bonds is 4. The van der Waals surface area contributed by atoms with Gasteiger partial charge in [-0.2, -0.15) is 18.3 Å². The van der Waals surface area contributed by atoms with E-state index in [-0.39, 0.29) is 5.69 Å². The molecule has 1 aromatic heterocycles. The highest BCUT2D eigenvalue weighted by atomic mass is 19.4. The number of hydrogen-bond acceptors (Lipinski definition) is 3. The topological polar surface area (TPSA) is 56.1 Å². The van der Waals surface area contributed by atoms with Crippen LogP contribution in [0, 0.1) is 6.92 Å². The second kappa shape index (κ2) is 7.14. The maximum Gasteiger partial charge on any atom is 0.434 e. The third kappa shape index (κ3) is 3.94. The normalized spacial score (nSPS) is 11.3. The van der Waals surface area contributed by atoms with Gasteiger partial charge in [-0.15, -0.1) is 0 Å². The lowest BCUT2D eigenvalue weighted by atomic mass is 10.2. The third-order valence-electron chi connectivity index (χ3n) is 3.91. The number of benzene rings is 2. The van der Waals surface area contributed by atoms with Gasteiger partial charge in [0.15, 0.2) is 5.69 Å². The van der Waals surface area contributed by atoms with Gasteiger partial charge in [0.2, 0.25) is 0 Å². The van der Waals surface area contributed by atoms with Crippen LogP contribution >= 0.6 is 0 Å². The van der Waals surface area contributed by atoms with E-state index >= 15 is 0 Å². The number of aryl methyl sites for hydroxylation is 1. The van der Waals surface area contributed by atoms with Crippen LogP contribution in [-0.4, -0.2) is 22.8 Å². The first-order valence-corrected chi connectivity index (χ1v) is 7.97. The molecule has 0 radical (unpaired) electrons. The van der Waals surface area contributed by atoms with Crippen molar-refractivity contribution < 1.29 is 22.7 Å². The average molecular weight is 375 g/mol. The van der Waals surface area contributed by atoms with Crippen molar-refractivity contribution in [3.63, 3.8) is 0 Å². The molecule has 8 heteroatoms. The fourth-order valence-corrected chi connectivity index (χ4v) is 2.54. The molecule has 0 unspecified atom stereocenters. The molecule has 0 saturated carbocycles. The predicted molar refractivity (Wildman–Crippen MR) is 94.3 cm³/mol. The molecule has 2 aromatic carbocycles. The summed E-state index contributed by atoms with van der Waals surface area (Å²) in [4.78, 5) is 12.4. The van der Waals surface area contributed by atoms with Gasteiger partial charge in [0.1, 0.15) is 5.75 Å². The molecule has 27 heavy (non-hydrogen) atoms. The monoisotopic (exact) mass is 375 g/mol. The summed E-state index contributed by atoms with van der Waals surface area (Å²) in [6.45, 7) is 1.82. The zero-order valence-electron chi connectivity index (χ0n) is 14.5. The van der Waals surface area contributed by atoms with E-state index in [4.69, 9.17) is 4.74 Å². The minimum Gasteiger partial charge on any atom is -0.497 e. The van der Waals surface area contributed by atoms with Crippen molar-refractivity contribution in [1.82, 2.24) is 9.78 Å². The van der Waals surface area contributed by atoms with E-state index in [0.717, 1.165) is 16.4 Å². The lowest BCUT2D eigenvalue weighted by Crippen LogP contribution is -2.20. The molecule has 1 heterocycles. The van der Waals surface area contributed by atoms with E-state index in [0.29, 0.717) is 11.4 Å². The second-order valence-corrected chi connectivity index (χ2v) is 5.83. The van der Waals surface area contributed by atoms with Crippen LogP contribution in [0.4, 0.5) is 18.9 Å². The van der Waals surface area contributed by atoms with Gasteiger partial charge >= 0.3 is 6.18 Å². The van der Waals surface area contributed by atoms with Crippen molar-refractivity contribution in [1.29, 1.82) is 0 Å². The summed E-state index contributed by atoms with van der Waals surface area (Å²) in [6.07, 6.45) is -3.84. The SMILES string of the molecule is COc1ccc(NC(=O)c2cnn(-c3ccc(C)cc3)c2C(F)(F)F)cc1. The molecular formula is C19H16F3N3O2. The summed E-state index contributed by atoms with van der Waals surface area (Å²) < 4.78 is 46.7. The van der Waals surface area contributed by atoms with Gasteiger partial charge < -0.3 is 10.1 Å². The zero-order chi connectivity index (χ0) is 19.6. The van der Waals surface area contributed by atoms with Gasteiger partial charge in [-0.25, -0.2) is 4.68 Å². The summed E-state index contributed by atoms with van der Waals surface area (Å²) in [5.74, 6) is -0.331. The van der Waals surface area contributed by atoms with E-state index in [1.807, 2.05) is 6.92 Å². The number of carbonyl (C=O) groups excluding carboxylic acids is 1. The highest BCUT2D eigenvalue weighted by Crippen LogP contribution is 2.34. The quantitative estimate of drug-likeness (QED) is 0.733. The predicted octanol–water partition coefficient (Wildman–Crippen LogP) is 4.46. The summed E-state index contributed by atoms with van der Waals surface area (Å²) in [5, 5.41) is 6.24. The smallest absolute Gasteiger partial charge is 0.434 e. The van der Waals surface area contributed by atoms with E-state index in [9.17, 15) is 18.0 Å². The Balaban J connectivity index is 1.97. The van der Waals surface area contributed by atoms with Crippen molar-refractivity contribution in [3.05, 3.63) is 71.5 Å². The fraction of sp³-hybridized carbons (Fsp3) is 0.158. The Kier molecular flexibility index (Phi) is 4.89. The summed E-state index contributed by atoms with van der Waals surface area (Å²) in [5.41, 5.74) is -0.221. The third-order valence-corrected chi connectivity index (χ3v) is 3.91. The van der Waals surface area contributed by atoms with Gasteiger partial charge in [-0.1, -0.05) is 17.7 Å². The van der Waals surface area contributed by atoms with Crippen LogP contribution < -0.4 is 10.1 Å². The molecule has 3 rings (SSSR count). The lowest BCUT2D eigenvalue weighted by molar-refractivity contribution is -0.143. The first-order chi connectivity index (χ1) is 12.8. The lowest BCUT2D eigenvalue weighted by Gasteiger charge is -2.13. The van der Waals surface area contributed by atoms with Crippen LogP contribution in [0.15, 0.2) is 54.7 Å².